The summed E-state index contributed by atoms with van der Waals surface area (Å²) >= 11 is 7.25. The first-order chi connectivity index (χ1) is 8.79. The van der Waals surface area contributed by atoms with Crippen LogP contribution in [0.1, 0.15) is 23.7 Å². The molecule has 1 aliphatic rings. The minimum absolute atomic E-state index is 0.719. The topological polar surface area (TPSA) is 41.6 Å². The van der Waals surface area contributed by atoms with E-state index in [4.69, 9.17) is 12.2 Å². The Hall–Kier alpha value is -1.20. The Morgan fingerprint density at radius 2 is 2.33 bits per heavy atom. The van der Waals surface area contributed by atoms with E-state index in [1.54, 1.807) is 6.20 Å². The molecule has 1 N–H and O–H groups in total. The summed E-state index contributed by atoms with van der Waals surface area (Å²) in [6.45, 7) is 2.12. The average Bonchev–Trinajstić information content (AvgIpc) is 2.87. The molecular formula is C13H13N3S2. The van der Waals surface area contributed by atoms with Crippen LogP contribution in [0.3, 0.4) is 0 Å². The first-order valence-corrected chi connectivity index (χ1v) is 7.50. The third-order valence-electron chi connectivity index (χ3n) is 3.09. The molecule has 0 aromatic carbocycles. The standard InChI is InChI=1S/C13H13N3S2/c1-2-8-4-3-5-14-11(8)12-15-10-7-18-6-9(10)13(17)16-12/h3-5H,2,6-7H2,1H3,(H,15,16,17). The molecule has 18 heavy (non-hydrogen) atoms. The fourth-order valence-electron chi connectivity index (χ4n) is 2.12. The van der Waals surface area contributed by atoms with E-state index in [-0.39, 0.29) is 0 Å². The van der Waals surface area contributed by atoms with Gasteiger partial charge in [-0.3, -0.25) is 4.98 Å². The molecule has 3 nitrogen and oxygen atoms in total. The van der Waals surface area contributed by atoms with Crippen LogP contribution in [0.4, 0.5) is 0 Å². The van der Waals surface area contributed by atoms with E-state index in [2.05, 4.69) is 27.9 Å². The summed E-state index contributed by atoms with van der Waals surface area (Å²) < 4.78 is 0.719. The smallest absolute Gasteiger partial charge is 0.158 e. The molecule has 5 heteroatoms. The van der Waals surface area contributed by atoms with Gasteiger partial charge in [0.2, 0.25) is 0 Å². The van der Waals surface area contributed by atoms with Gasteiger partial charge in [0.1, 0.15) is 10.3 Å². The van der Waals surface area contributed by atoms with Gasteiger partial charge in [-0.25, -0.2) is 4.98 Å². The molecule has 0 atom stereocenters. The number of rotatable bonds is 2. The fourth-order valence-corrected chi connectivity index (χ4v) is 3.57. The van der Waals surface area contributed by atoms with Crippen LogP contribution in [0.5, 0.6) is 0 Å². The molecule has 3 heterocycles. The van der Waals surface area contributed by atoms with Crippen LogP contribution in [-0.4, -0.2) is 15.0 Å². The molecule has 0 unspecified atom stereocenters. The molecule has 0 bridgehead atoms. The Morgan fingerprint density at radius 3 is 3.17 bits per heavy atom. The molecule has 0 spiro atoms. The van der Waals surface area contributed by atoms with Crippen molar-refractivity contribution in [2.75, 3.05) is 0 Å². The van der Waals surface area contributed by atoms with Crippen molar-refractivity contribution < 1.29 is 0 Å². The van der Waals surface area contributed by atoms with Crippen molar-refractivity contribution in [3.05, 3.63) is 39.8 Å². The number of aromatic amines is 1. The molecule has 0 saturated carbocycles. The van der Waals surface area contributed by atoms with Crippen LogP contribution in [-0.2, 0) is 17.9 Å². The van der Waals surface area contributed by atoms with Gasteiger partial charge in [0.15, 0.2) is 5.82 Å². The number of hydrogen-bond acceptors (Lipinski definition) is 4. The van der Waals surface area contributed by atoms with Crippen LogP contribution in [0.15, 0.2) is 18.3 Å². The Labute approximate surface area is 115 Å². The SMILES string of the molecule is CCc1cccnc1-c1nc(=S)c2c([nH]1)CSC2. The van der Waals surface area contributed by atoms with Crippen LogP contribution in [0.25, 0.3) is 11.5 Å². The molecule has 92 valence electrons. The fraction of sp³-hybridized carbons (Fsp3) is 0.308. The van der Waals surface area contributed by atoms with E-state index in [9.17, 15) is 0 Å². The maximum atomic E-state index is 5.37. The Balaban J connectivity index is 2.18. The highest BCUT2D eigenvalue weighted by Gasteiger charge is 2.17. The summed E-state index contributed by atoms with van der Waals surface area (Å²) in [4.78, 5) is 12.3. The molecule has 0 aliphatic carbocycles. The maximum Gasteiger partial charge on any atom is 0.158 e. The van der Waals surface area contributed by atoms with E-state index in [1.165, 1.54) is 16.8 Å². The Morgan fingerprint density at radius 1 is 1.44 bits per heavy atom. The molecule has 2 aromatic heterocycles. The highest BCUT2D eigenvalue weighted by Crippen LogP contribution is 2.30. The first kappa shape index (κ1) is 11.9. The minimum Gasteiger partial charge on any atom is -0.341 e. The number of H-pyrrole nitrogens is 1. The number of aromatic nitrogens is 3. The highest BCUT2D eigenvalue weighted by atomic mass is 32.2. The van der Waals surface area contributed by atoms with Gasteiger partial charge in [0.05, 0.1) is 0 Å². The highest BCUT2D eigenvalue weighted by molar-refractivity contribution is 7.98. The number of thioether (sulfide) groups is 1. The number of nitrogens with one attached hydrogen (secondary N) is 1. The van der Waals surface area contributed by atoms with Gasteiger partial charge in [-0.2, -0.15) is 11.8 Å². The monoisotopic (exact) mass is 275 g/mol. The number of hydrogen-bond donors (Lipinski definition) is 1. The second kappa shape index (κ2) is 4.82. The van der Waals surface area contributed by atoms with E-state index < -0.39 is 0 Å². The number of pyridine rings is 1. The quantitative estimate of drug-likeness (QED) is 0.852. The number of nitrogens with zero attached hydrogens (tertiary/aromatic N) is 2. The first-order valence-electron chi connectivity index (χ1n) is 5.93. The second-order valence-electron chi connectivity index (χ2n) is 4.21. The van der Waals surface area contributed by atoms with Crippen LogP contribution >= 0.6 is 24.0 Å². The van der Waals surface area contributed by atoms with E-state index in [0.717, 1.165) is 34.1 Å². The number of aryl methyl sites for hydroxylation is 1. The summed E-state index contributed by atoms with van der Waals surface area (Å²) in [6, 6.07) is 4.04. The zero-order valence-corrected chi connectivity index (χ0v) is 11.7. The van der Waals surface area contributed by atoms with Gasteiger partial charge in [-0.05, 0) is 18.1 Å². The molecule has 3 rings (SSSR count). The molecule has 2 aromatic rings. The summed E-state index contributed by atoms with van der Waals surface area (Å²) in [5, 5.41) is 0. The van der Waals surface area contributed by atoms with Crippen molar-refractivity contribution in [3.63, 3.8) is 0 Å². The lowest BCUT2D eigenvalue weighted by Crippen LogP contribution is -2.01. The third-order valence-corrected chi connectivity index (χ3v) is 4.42. The largest absolute Gasteiger partial charge is 0.341 e. The summed E-state index contributed by atoms with van der Waals surface area (Å²) in [6.07, 6.45) is 2.74. The van der Waals surface area contributed by atoms with E-state index in [1.807, 2.05) is 17.8 Å². The van der Waals surface area contributed by atoms with Crippen LogP contribution in [0.2, 0.25) is 0 Å². The molecule has 0 radical (unpaired) electrons. The Kier molecular flexibility index (Phi) is 3.18. The lowest BCUT2D eigenvalue weighted by Gasteiger charge is -2.08. The molecule has 0 fully saturated rings. The van der Waals surface area contributed by atoms with Crippen molar-refractivity contribution in [2.45, 2.75) is 24.9 Å². The minimum atomic E-state index is 0.719. The summed E-state index contributed by atoms with van der Waals surface area (Å²) in [5.74, 6) is 2.77. The average molecular weight is 275 g/mol. The Bertz CT molecular complexity index is 649. The molecular weight excluding hydrogens is 262 g/mol. The van der Waals surface area contributed by atoms with Gasteiger partial charge < -0.3 is 4.98 Å². The summed E-state index contributed by atoms with van der Waals surface area (Å²) in [7, 11) is 0. The zero-order chi connectivity index (χ0) is 12.5. The zero-order valence-electron chi connectivity index (χ0n) is 10.1. The predicted molar refractivity (Wildman–Crippen MR) is 77.0 cm³/mol. The maximum absolute atomic E-state index is 5.37. The lowest BCUT2D eigenvalue weighted by atomic mass is 10.1. The van der Waals surface area contributed by atoms with Gasteiger partial charge in [-0.15, -0.1) is 0 Å². The second-order valence-corrected chi connectivity index (χ2v) is 5.58. The van der Waals surface area contributed by atoms with Gasteiger partial charge >= 0.3 is 0 Å². The number of fused-ring (bicyclic) bond motifs is 1. The van der Waals surface area contributed by atoms with Gasteiger partial charge in [0, 0.05) is 29.0 Å². The molecule has 0 saturated heterocycles. The van der Waals surface area contributed by atoms with Gasteiger partial charge in [0.25, 0.3) is 0 Å². The molecule has 0 amide bonds. The van der Waals surface area contributed by atoms with Gasteiger partial charge in [-0.1, -0.05) is 25.2 Å². The van der Waals surface area contributed by atoms with Crippen LogP contribution in [0, 0.1) is 4.64 Å². The van der Waals surface area contributed by atoms with E-state index in [0.29, 0.717) is 0 Å². The van der Waals surface area contributed by atoms with Crippen molar-refractivity contribution >= 4 is 24.0 Å². The predicted octanol–water partition coefficient (Wildman–Crippen LogP) is 3.51. The van der Waals surface area contributed by atoms with Crippen molar-refractivity contribution in [1.29, 1.82) is 0 Å². The molecule has 1 aliphatic heterocycles. The van der Waals surface area contributed by atoms with Crippen molar-refractivity contribution in [2.24, 2.45) is 0 Å². The van der Waals surface area contributed by atoms with Crippen molar-refractivity contribution in [3.8, 4) is 11.5 Å². The summed E-state index contributed by atoms with van der Waals surface area (Å²) in [5.41, 5.74) is 4.52. The van der Waals surface area contributed by atoms with Crippen molar-refractivity contribution in [1.82, 2.24) is 15.0 Å². The third kappa shape index (κ3) is 1.97. The normalized spacial score (nSPS) is 13.6. The van der Waals surface area contributed by atoms with Crippen LogP contribution < -0.4 is 0 Å². The van der Waals surface area contributed by atoms with E-state index >= 15 is 0 Å². The lowest BCUT2D eigenvalue weighted by molar-refractivity contribution is 1.02.